The Labute approximate surface area is 189 Å². The van der Waals surface area contributed by atoms with Crippen molar-refractivity contribution in [2.45, 2.75) is 19.4 Å². The summed E-state index contributed by atoms with van der Waals surface area (Å²) in [5.74, 6) is -2.25. The normalized spacial score (nSPS) is 17.8. The van der Waals surface area contributed by atoms with Gasteiger partial charge in [0.1, 0.15) is 11.6 Å². The average Bonchev–Trinajstić information content (AvgIpc) is 3.38. The number of amides is 1. The standard InChI is InChI=1S/C27H21FN2O3/c1-2-16-7-9-17(10-8-16)25(31)23-24(21-15-29-22-6-4-3-5-20(21)22)30(27(33)26(23)32)19-13-11-18(28)12-14-19/h3-15,24,29,31H,2H2,1H3/b25-23+. The summed E-state index contributed by atoms with van der Waals surface area (Å²) in [7, 11) is 0. The molecule has 1 unspecified atom stereocenters. The number of hydrogen-bond acceptors (Lipinski definition) is 3. The van der Waals surface area contributed by atoms with Gasteiger partial charge in [-0.25, -0.2) is 4.39 Å². The summed E-state index contributed by atoms with van der Waals surface area (Å²) in [6.45, 7) is 2.03. The molecule has 0 spiro atoms. The summed E-state index contributed by atoms with van der Waals surface area (Å²) < 4.78 is 13.6. The van der Waals surface area contributed by atoms with Gasteiger partial charge in [-0.1, -0.05) is 49.4 Å². The highest BCUT2D eigenvalue weighted by atomic mass is 19.1. The molecule has 3 aromatic carbocycles. The minimum atomic E-state index is -0.877. The molecule has 0 radical (unpaired) electrons. The second-order valence-corrected chi connectivity index (χ2v) is 7.99. The number of hydrogen-bond donors (Lipinski definition) is 2. The Morgan fingerprint density at radius 1 is 1.00 bits per heavy atom. The highest BCUT2D eigenvalue weighted by Crippen LogP contribution is 2.44. The Morgan fingerprint density at radius 3 is 2.39 bits per heavy atom. The van der Waals surface area contributed by atoms with Crippen LogP contribution in [0, 0.1) is 5.82 Å². The van der Waals surface area contributed by atoms with E-state index < -0.39 is 23.5 Å². The van der Waals surface area contributed by atoms with Crippen molar-refractivity contribution in [2.75, 3.05) is 4.90 Å². The number of para-hydroxylation sites is 1. The molecule has 0 aliphatic carbocycles. The number of halogens is 1. The summed E-state index contributed by atoms with van der Waals surface area (Å²) in [6, 6.07) is 19.3. The van der Waals surface area contributed by atoms with E-state index in [0.29, 0.717) is 16.8 Å². The summed E-state index contributed by atoms with van der Waals surface area (Å²) in [5, 5.41) is 12.1. The quantitative estimate of drug-likeness (QED) is 0.250. The number of aryl methyl sites for hydroxylation is 1. The molecule has 6 heteroatoms. The van der Waals surface area contributed by atoms with E-state index in [4.69, 9.17) is 0 Å². The van der Waals surface area contributed by atoms with Gasteiger partial charge in [0.25, 0.3) is 11.7 Å². The number of ketones is 1. The van der Waals surface area contributed by atoms with Crippen molar-refractivity contribution in [3.05, 3.63) is 107 Å². The number of benzene rings is 3. The molecule has 1 aromatic heterocycles. The van der Waals surface area contributed by atoms with E-state index >= 15 is 0 Å². The van der Waals surface area contributed by atoms with E-state index in [-0.39, 0.29) is 11.3 Å². The van der Waals surface area contributed by atoms with E-state index in [0.717, 1.165) is 22.9 Å². The topological polar surface area (TPSA) is 73.4 Å². The van der Waals surface area contributed by atoms with Gasteiger partial charge in [0.2, 0.25) is 0 Å². The molecule has 5 nitrogen and oxygen atoms in total. The van der Waals surface area contributed by atoms with Crippen LogP contribution >= 0.6 is 0 Å². The molecule has 1 atom stereocenters. The van der Waals surface area contributed by atoms with Gasteiger partial charge in [0, 0.05) is 33.9 Å². The number of H-pyrrole nitrogens is 1. The van der Waals surface area contributed by atoms with Gasteiger partial charge < -0.3 is 10.1 Å². The zero-order valence-electron chi connectivity index (χ0n) is 17.9. The maximum absolute atomic E-state index is 13.6. The number of nitrogens with one attached hydrogen (secondary N) is 1. The monoisotopic (exact) mass is 440 g/mol. The molecular formula is C27H21FN2O3. The van der Waals surface area contributed by atoms with Crippen LogP contribution in [0.1, 0.15) is 29.7 Å². The second-order valence-electron chi connectivity index (χ2n) is 7.99. The molecule has 0 bridgehead atoms. The smallest absolute Gasteiger partial charge is 0.300 e. The lowest BCUT2D eigenvalue weighted by molar-refractivity contribution is -0.132. The number of fused-ring (bicyclic) bond motifs is 1. The number of aromatic amines is 1. The van der Waals surface area contributed by atoms with Gasteiger partial charge in [-0.15, -0.1) is 0 Å². The largest absolute Gasteiger partial charge is 0.507 e. The number of rotatable bonds is 4. The first-order valence-electron chi connectivity index (χ1n) is 10.7. The Kier molecular flexibility index (Phi) is 5.05. The lowest BCUT2D eigenvalue weighted by Crippen LogP contribution is -2.29. The van der Waals surface area contributed by atoms with Crippen molar-refractivity contribution in [3.8, 4) is 0 Å². The molecule has 4 aromatic rings. The molecule has 0 saturated carbocycles. The van der Waals surface area contributed by atoms with Crippen molar-refractivity contribution in [1.29, 1.82) is 0 Å². The van der Waals surface area contributed by atoms with E-state index in [9.17, 15) is 19.1 Å². The van der Waals surface area contributed by atoms with Crippen LogP contribution in [-0.2, 0) is 16.0 Å². The summed E-state index contributed by atoms with van der Waals surface area (Å²) >= 11 is 0. The fourth-order valence-corrected chi connectivity index (χ4v) is 4.37. The molecule has 1 fully saturated rings. The van der Waals surface area contributed by atoms with E-state index in [1.54, 1.807) is 18.3 Å². The minimum absolute atomic E-state index is 0.00155. The first-order chi connectivity index (χ1) is 16.0. The molecule has 164 valence electrons. The zero-order chi connectivity index (χ0) is 23.1. The lowest BCUT2D eigenvalue weighted by atomic mass is 9.94. The zero-order valence-corrected chi connectivity index (χ0v) is 17.9. The number of aliphatic hydroxyl groups is 1. The summed E-state index contributed by atoms with van der Waals surface area (Å²) in [5.41, 5.74) is 3.42. The highest BCUT2D eigenvalue weighted by Gasteiger charge is 2.47. The van der Waals surface area contributed by atoms with Gasteiger partial charge in [-0.2, -0.15) is 0 Å². The molecule has 1 amide bonds. The van der Waals surface area contributed by atoms with Gasteiger partial charge in [0.15, 0.2) is 0 Å². The van der Waals surface area contributed by atoms with Crippen LogP contribution in [0.4, 0.5) is 10.1 Å². The number of nitrogens with zero attached hydrogens (tertiary/aromatic N) is 1. The number of carbonyl (C=O) groups excluding carboxylic acids is 2. The van der Waals surface area contributed by atoms with Crippen LogP contribution < -0.4 is 4.90 Å². The SMILES string of the molecule is CCc1ccc(/C(O)=C2\C(=O)C(=O)N(c3ccc(F)cc3)C2c2c[nH]c3ccccc23)cc1. The van der Waals surface area contributed by atoms with Crippen LogP contribution in [0.5, 0.6) is 0 Å². The Hall–Kier alpha value is -4.19. The van der Waals surface area contributed by atoms with Crippen molar-refractivity contribution in [3.63, 3.8) is 0 Å². The van der Waals surface area contributed by atoms with E-state index in [2.05, 4.69) is 4.98 Å². The molecule has 1 aliphatic heterocycles. The first-order valence-corrected chi connectivity index (χ1v) is 10.7. The first kappa shape index (κ1) is 20.7. The number of aliphatic hydroxyl groups excluding tert-OH is 1. The Bertz CT molecular complexity index is 1400. The van der Waals surface area contributed by atoms with Crippen LogP contribution in [0.15, 0.2) is 84.6 Å². The van der Waals surface area contributed by atoms with Crippen LogP contribution in [0.2, 0.25) is 0 Å². The Balaban J connectivity index is 1.75. The number of Topliss-reactive ketones (excluding diaryl/α,β-unsaturated/α-hetero) is 1. The van der Waals surface area contributed by atoms with Gasteiger partial charge in [0.05, 0.1) is 11.6 Å². The van der Waals surface area contributed by atoms with Crippen molar-refractivity contribution in [2.24, 2.45) is 0 Å². The average molecular weight is 440 g/mol. The lowest BCUT2D eigenvalue weighted by Gasteiger charge is -2.25. The third-order valence-electron chi connectivity index (χ3n) is 6.10. The van der Waals surface area contributed by atoms with Gasteiger partial charge in [-0.05, 0) is 42.3 Å². The summed E-state index contributed by atoms with van der Waals surface area (Å²) in [6.07, 6.45) is 2.58. The summed E-state index contributed by atoms with van der Waals surface area (Å²) in [4.78, 5) is 30.9. The van der Waals surface area contributed by atoms with Crippen LogP contribution in [0.3, 0.4) is 0 Å². The predicted molar refractivity (Wildman–Crippen MR) is 125 cm³/mol. The van der Waals surface area contributed by atoms with Crippen molar-refractivity contribution >= 4 is 34.0 Å². The highest BCUT2D eigenvalue weighted by molar-refractivity contribution is 6.51. The van der Waals surface area contributed by atoms with Crippen molar-refractivity contribution in [1.82, 2.24) is 4.98 Å². The third-order valence-corrected chi connectivity index (χ3v) is 6.10. The van der Waals surface area contributed by atoms with Gasteiger partial charge >= 0.3 is 0 Å². The Morgan fingerprint density at radius 2 is 1.70 bits per heavy atom. The van der Waals surface area contributed by atoms with E-state index in [1.165, 1.54) is 29.2 Å². The number of carbonyl (C=O) groups is 2. The molecular weight excluding hydrogens is 419 g/mol. The fraction of sp³-hybridized carbons (Fsp3) is 0.111. The van der Waals surface area contributed by atoms with Crippen molar-refractivity contribution < 1.29 is 19.1 Å². The second kappa shape index (κ2) is 8.06. The minimum Gasteiger partial charge on any atom is -0.507 e. The molecule has 2 N–H and O–H groups in total. The predicted octanol–water partition coefficient (Wildman–Crippen LogP) is 5.50. The fourth-order valence-electron chi connectivity index (χ4n) is 4.37. The maximum atomic E-state index is 13.6. The van der Waals surface area contributed by atoms with Crippen LogP contribution in [0.25, 0.3) is 16.7 Å². The molecule has 1 aliphatic rings. The van der Waals surface area contributed by atoms with E-state index in [1.807, 2.05) is 43.3 Å². The van der Waals surface area contributed by atoms with Gasteiger partial charge in [-0.3, -0.25) is 14.5 Å². The third kappa shape index (κ3) is 3.40. The molecule has 5 rings (SSSR count). The van der Waals surface area contributed by atoms with Crippen LogP contribution in [-0.4, -0.2) is 21.8 Å². The number of aromatic nitrogens is 1. The molecule has 2 heterocycles. The maximum Gasteiger partial charge on any atom is 0.300 e. The molecule has 33 heavy (non-hydrogen) atoms. The number of anilines is 1. The molecule has 1 saturated heterocycles.